The zero-order chi connectivity index (χ0) is 73.2. The molecule has 6 amide bonds. The number of carbonyl (C=O) groups is 9. The van der Waals surface area contributed by atoms with Crippen molar-refractivity contribution in [3.63, 3.8) is 0 Å². The number of fused-ring (bicyclic) bond motifs is 4. The summed E-state index contributed by atoms with van der Waals surface area (Å²) >= 11 is 20.1. The van der Waals surface area contributed by atoms with Gasteiger partial charge in [-0.15, -0.1) is 0 Å². The second-order valence-electron chi connectivity index (χ2n) is 26.2. The van der Waals surface area contributed by atoms with E-state index in [1.165, 1.54) is 24.3 Å². The van der Waals surface area contributed by atoms with Crippen LogP contribution < -0.4 is 0 Å². The fraction of sp³-hybridized carbons (Fsp3) is 0.295. The van der Waals surface area contributed by atoms with E-state index < -0.39 is 0 Å². The van der Waals surface area contributed by atoms with Crippen molar-refractivity contribution in [3.8, 4) is 0 Å². The van der Waals surface area contributed by atoms with Gasteiger partial charge in [-0.25, -0.2) is 0 Å². The van der Waals surface area contributed by atoms with Crippen molar-refractivity contribution in [3.05, 3.63) is 224 Å². The van der Waals surface area contributed by atoms with Gasteiger partial charge in [-0.1, -0.05) is 132 Å². The van der Waals surface area contributed by atoms with Gasteiger partial charge < -0.3 is 47.7 Å². The fourth-order valence-electron chi connectivity index (χ4n) is 13.2. The highest BCUT2D eigenvalue weighted by atomic mass is 79.9. The molecule has 0 bridgehead atoms. The quantitative estimate of drug-likeness (QED) is 0.0594. The summed E-state index contributed by atoms with van der Waals surface area (Å²) in [6.07, 6.45) is 12.2. The van der Waals surface area contributed by atoms with Crippen LogP contribution in [0.25, 0.3) is 43.6 Å². The Morgan fingerprint density at radius 1 is 0.480 bits per heavy atom. The van der Waals surface area contributed by atoms with Crippen LogP contribution in [-0.2, 0) is 71.1 Å². The molecular weight excluding hydrogens is 1580 g/mol. The minimum absolute atomic E-state index is 0.0427. The first-order valence-corrected chi connectivity index (χ1v) is 36.8. The molecule has 4 aromatic heterocycles. The molecule has 102 heavy (non-hydrogen) atoms. The molecule has 4 aliphatic heterocycles. The number of hydrogen-bond donors (Lipinski definition) is 0. The topological polar surface area (TPSA) is 193 Å². The van der Waals surface area contributed by atoms with E-state index in [4.69, 9.17) is 11.6 Å². The first kappa shape index (κ1) is 75.9. The lowest BCUT2D eigenvalue weighted by Crippen LogP contribution is -2.61. The van der Waals surface area contributed by atoms with Crippen molar-refractivity contribution >= 4 is 172 Å². The van der Waals surface area contributed by atoms with Gasteiger partial charge in [-0.2, -0.15) is 0 Å². The molecule has 0 saturated carbocycles. The van der Waals surface area contributed by atoms with Gasteiger partial charge in [0.2, 0.25) is 29.5 Å². The van der Waals surface area contributed by atoms with Crippen LogP contribution in [0.4, 0.5) is 0 Å². The maximum Gasteiger partial charge on any atom is 0.256 e. The molecule has 4 saturated heterocycles. The summed E-state index contributed by atoms with van der Waals surface area (Å²) in [4.78, 5) is 119. The summed E-state index contributed by atoms with van der Waals surface area (Å²) in [5.74, 6) is 0.813. The number of halogens is 5. The van der Waals surface area contributed by atoms with Gasteiger partial charge in [0.05, 0.1) is 41.8 Å². The third-order valence-electron chi connectivity index (χ3n) is 18.8. The van der Waals surface area contributed by atoms with Gasteiger partial charge in [0.1, 0.15) is 6.54 Å². The number of nitrogens with zero attached hydrogens (tertiary/aromatic N) is 10. The van der Waals surface area contributed by atoms with Crippen LogP contribution >= 0.6 is 75.3 Å². The number of benzene rings is 5. The van der Waals surface area contributed by atoms with Gasteiger partial charge in [-0.3, -0.25) is 43.2 Å². The number of carbonyl (C=O) groups excluding carboxylic acids is 9. The minimum Gasteiger partial charge on any atom is -0.339 e. The number of ketones is 3. The summed E-state index contributed by atoms with van der Waals surface area (Å²) in [6, 6.07) is 37.7. The third kappa shape index (κ3) is 18.5. The number of likely N-dealkylation sites (tertiary alicyclic amines) is 4. The zero-order valence-electron chi connectivity index (χ0n) is 57.0. The van der Waals surface area contributed by atoms with E-state index in [9.17, 15) is 43.2 Å². The van der Waals surface area contributed by atoms with Gasteiger partial charge in [0.25, 0.3) is 5.91 Å². The molecule has 24 heteroatoms. The van der Waals surface area contributed by atoms with Gasteiger partial charge >= 0.3 is 0 Å². The highest BCUT2D eigenvalue weighted by molar-refractivity contribution is 9.11. The lowest BCUT2D eigenvalue weighted by molar-refractivity contribution is -0.142. The van der Waals surface area contributed by atoms with Crippen molar-refractivity contribution in [2.75, 3.05) is 66.5 Å². The van der Waals surface area contributed by atoms with Crippen LogP contribution in [0.2, 0.25) is 5.02 Å². The van der Waals surface area contributed by atoms with Crippen LogP contribution in [0.5, 0.6) is 0 Å². The van der Waals surface area contributed by atoms with E-state index in [-0.39, 0.29) is 83.1 Å². The summed E-state index contributed by atoms with van der Waals surface area (Å²) < 4.78 is 11.7. The number of rotatable bonds is 22. The van der Waals surface area contributed by atoms with Crippen molar-refractivity contribution < 1.29 is 43.2 Å². The zero-order valence-corrected chi connectivity index (χ0v) is 64.1. The lowest BCUT2D eigenvalue weighted by atomic mass is 9.94. The summed E-state index contributed by atoms with van der Waals surface area (Å²) in [7, 11) is 3.58. The van der Waals surface area contributed by atoms with Crippen LogP contribution in [0.3, 0.4) is 0 Å². The molecule has 4 aliphatic rings. The number of hydrogen-bond acceptors (Lipinski definition) is 9. The molecule has 4 fully saturated rings. The van der Waals surface area contributed by atoms with E-state index in [2.05, 4.69) is 107 Å². The molecular formula is C78H79Br4ClN10O9. The molecule has 8 heterocycles. The molecule has 13 rings (SSSR count). The molecule has 0 N–H and O–H groups in total. The normalized spacial score (nSPS) is 14.4. The van der Waals surface area contributed by atoms with Gasteiger partial charge in [0.15, 0.2) is 17.3 Å². The predicted octanol–water partition coefficient (Wildman–Crippen LogP) is 13.5. The predicted molar refractivity (Wildman–Crippen MR) is 414 cm³/mol. The average molecular weight is 1660 g/mol. The minimum atomic E-state index is -0.0940. The van der Waals surface area contributed by atoms with Crippen LogP contribution in [0.15, 0.2) is 202 Å². The second-order valence-corrected chi connectivity index (χ2v) is 30.3. The summed E-state index contributed by atoms with van der Waals surface area (Å²) in [6.45, 7) is 22.5. The monoisotopic (exact) mass is 1650 g/mol. The number of Topliss-reactive ketones (excluding diaryl/α,β-unsaturated/α-hetero) is 3. The van der Waals surface area contributed by atoms with Crippen molar-refractivity contribution in [2.45, 2.75) is 65.0 Å². The Balaban J connectivity index is 0.000000148. The maximum absolute atomic E-state index is 13.3. The summed E-state index contributed by atoms with van der Waals surface area (Å²) in [5, 5.41) is 4.62. The molecule has 0 radical (unpaired) electrons. The molecule has 0 atom stereocenters. The van der Waals surface area contributed by atoms with Gasteiger partial charge in [0, 0.05) is 190 Å². The standard InChI is InChI=1S/C26H26BrN3O3.C18H19BrN2O2.C17H16BrClN2O2.C17H18BrN3O2/c1-3-25(32)30-14-19(15-30)11-21(31)16-29-17-23(22-12-20(27)9-10-24(22)29)26(33)28(2)13-18-7-5-4-6-8-18;1-3-18(23)20-9-13(10-20)7-16(22)11-21-12(2)6-14-8-15(19)4-5-17(14)21;1-2-17(23)21-7-11(8-21)5-13(22)9-20-10-15(19)14-6-12(18)3-4-16(14)20;1-3-16(22)21-9-14(10-21)19(2)17(23)11-20-7-6-12-8-13(18)4-5-15(12)20/h3-10,12,17,19H,1,11,13-16H2,2H3;3-6,8,13H,1,7,9-11H2,2H3;2-4,6,10-11H,1,5,7-9H2;3-8,14H,1,9-11H2,2H3. The Morgan fingerprint density at radius 2 is 0.912 bits per heavy atom. The van der Waals surface area contributed by atoms with Crippen LogP contribution in [0, 0.1) is 24.7 Å². The smallest absolute Gasteiger partial charge is 0.256 e. The largest absolute Gasteiger partial charge is 0.339 e. The van der Waals surface area contributed by atoms with Crippen molar-refractivity contribution in [1.82, 2.24) is 47.7 Å². The van der Waals surface area contributed by atoms with Gasteiger partial charge in [-0.05, 0) is 122 Å². The number of amides is 6. The Bertz CT molecular complexity index is 4740. The highest BCUT2D eigenvalue weighted by Crippen LogP contribution is 2.32. The average Bonchev–Trinajstić information content (AvgIpc) is 1.59. The third-order valence-corrected chi connectivity index (χ3v) is 21.1. The van der Waals surface area contributed by atoms with Crippen LogP contribution in [0.1, 0.15) is 40.9 Å². The first-order chi connectivity index (χ1) is 48.8. The Labute approximate surface area is 631 Å². The van der Waals surface area contributed by atoms with Crippen molar-refractivity contribution in [1.29, 1.82) is 0 Å². The molecule has 0 spiro atoms. The Morgan fingerprint density at radius 3 is 1.42 bits per heavy atom. The summed E-state index contributed by atoms with van der Waals surface area (Å²) in [5.41, 5.74) is 6.62. The Kier molecular flexibility index (Phi) is 25.3. The van der Waals surface area contributed by atoms with Crippen LogP contribution in [-0.4, -0.2) is 173 Å². The van der Waals surface area contributed by atoms with E-state index >= 15 is 0 Å². The molecule has 0 unspecified atom stereocenters. The molecule has 0 aliphatic carbocycles. The van der Waals surface area contributed by atoms with E-state index in [0.717, 1.165) is 72.8 Å². The number of likely N-dealkylation sites (N-methyl/N-ethyl adjacent to an activating group) is 1. The number of aromatic nitrogens is 4. The molecule has 5 aromatic carbocycles. The lowest BCUT2D eigenvalue weighted by Gasteiger charge is -2.43. The fourth-order valence-corrected chi connectivity index (χ4v) is 14.9. The molecule has 530 valence electrons. The van der Waals surface area contributed by atoms with E-state index in [1.807, 2.05) is 130 Å². The van der Waals surface area contributed by atoms with E-state index in [0.29, 0.717) is 108 Å². The molecule has 9 aromatic rings. The highest BCUT2D eigenvalue weighted by Gasteiger charge is 2.36. The SMILES string of the molecule is C=CC(=O)N1CC(CC(=O)Cn2c(C)cc3cc(Br)ccc32)C1.C=CC(=O)N1CC(CC(=O)Cn2cc(C(=O)N(C)Cc3ccccc3)c3cc(Br)ccc32)C1.C=CC(=O)N1CC(CC(=O)Cn2cc(Cl)c3cc(Br)ccc32)C1.C=CC(=O)N1CC(N(C)C(=O)Cn2ccc3cc(Br)ccc32)C1. The maximum atomic E-state index is 13.3. The first-order valence-electron chi connectivity index (χ1n) is 33.3. The Hall–Kier alpha value is -8.74. The molecule has 19 nitrogen and oxygen atoms in total. The second kappa shape index (κ2) is 34.0. The van der Waals surface area contributed by atoms with E-state index in [1.54, 1.807) is 55.9 Å². The van der Waals surface area contributed by atoms with Crippen molar-refractivity contribution in [2.24, 2.45) is 17.8 Å². The number of aryl methyl sites for hydroxylation is 1.